The van der Waals surface area contributed by atoms with Gasteiger partial charge in [0.2, 0.25) is 0 Å². The second kappa shape index (κ2) is 5.33. The average molecular weight is 272 g/mol. The summed E-state index contributed by atoms with van der Waals surface area (Å²) in [7, 11) is 1.89. The minimum Gasteiger partial charge on any atom is -0.382 e. The van der Waals surface area contributed by atoms with E-state index >= 15 is 0 Å². The lowest BCUT2D eigenvalue weighted by molar-refractivity contribution is 0.767. The molecule has 2 aromatic rings. The smallest absolute Gasteiger partial charge is 0.174 e. The van der Waals surface area contributed by atoms with Gasteiger partial charge in [0.25, 0.3) is 0 Å². The molecule has 17 heavy (non-hydrogen) atoms. The van der Waals surface area contributed by atoms with E-state index in [2.05, 4.69) is 20.6 Å². The van der Waals surface area contributed by atoms with Crippen molar-refractivity contribution in [3.63, 3.8) is 0 Å². The van der Waals surface area contributed by atoms with Crippen LogP contribution in [0.3, 0.4) is 0 Å². The Labute approximate surface area is 109 Å². The van der Waals surface area contributed by atoms with Crippen molar-refractivity contribution in [2.45, 2.75) is 6.42 Å². The largest absolute Gasteiger partial charge is 0.382 e. The number of anilines is 1. The van der Waals surface area contributed by atoms with Crippen LogP contribution in [-0.4, -0.2) is 26.5 Å². The molecule has 0 aromatic carbocycles. The highest BCUT2D eigenvalue weighted by Gasteiger charge is 2.03. The fourth-order valence-corrected chi connectivity index (χ4v) is 1.73. The van der Waals surface area contributed by atoms with Crippen LogP contribution < -0.4 is 5.32 Å². The number of aromatic nitrogens is 4. The Morgan fingerprint density at radius 2 is 2.18 bits per heavy atom. The van der Waals surface area contributed by atoms with Gasteiger partial charge in [0.15, 0.2) is 10.3 Å². The van der Waals surface area contributed by atoms with Crippen molar-refractivity contribution in [3.05, 3.63) is 34.3 Å². The molecule has 0 fully saturated rings. The predicted octanol–water partition coefficient (Wildman–Crippen LogP) is 2.17. The fourth-order valence-electron chi connectivity index (χ4n) is 1.42. The quantitative estimate of drug-likeness (QED) is 0.926. The monoisotopic (exact) mass is 271 g/mol. The molecule has 0 aliphatic carbocycles. The molecule has 0 aliphatic heterocycles. The first kappa shape index (κ1) is 12.1. The van der Waals surface area contributed by atoms with Crippen LogP contribution in [0.4, 0.5) is 5.69 Å². The zero-order valence-corrected chi connectivity index (χ0v) is 10.7. The van der Waals surface area contributed by atoms with E-state index in [4.69, 9.17) is 23.2 Å². The van der Waals surface area contributed by atoms with Crippen LogP contribution in [0, 0.1) is 0 Å². The van der Waals surface area contributed by atoms with Gasteiger partial charge in [0.05, 0.1) is 11.9 Å². The molecule has 2 rings (SSSR count). The maximum atomic E-state index is 5.87. The van der Waals surface area contributed by atoms with Gasteiger partial charge in [0.1, 0.15) is 0 Å². The van der Waals surface area contributed by atoms with Crippen LogP contribution in [0.5, 0.6) is 0 Å². The van der Waals surface area contributed by atoms with Crippen LogP contribution in [0.25, 0.3) is 0 Å². The third kappa shape index (κ3) is 3.31. The Hall–Kier alpha value is -1.33. The van der Waals surface area contributed by atoms with Crippen LogP contribution in [-0.2, 0) is 13.5 Å². The molecule has 0 saturated heterocycles. The van der Waals surface area contributed by atoms with Crippen LogP contribution in [0.15, 0.2) is 18.5 Å². The van der Waals surface area contributed by atoms with Gasteiger partial charge in [-0.3, -0.25) is 4.68 Å². The Morgan fingerprint density at radius 1 is 1.35 bits per heavy atom. The minimum absolute atomic E-state index is 0.318. The van der Waals surface area contributed by atoms with Crippen LogP contribution >= 0.6 is 23.2 Å². The van der Waals surface area contributed by atoms with Gasteiger partial charge in [-0.25, -0.2) is 0 Å². The molecule has 2 heterocycles. The molecule has 7 heteroatoms. The highest BCUT2D eigenvalue weighted by atomic mass is 35.5. The first-order valence-electron chi connectivity index (χ1n) is 5.05. The summed E-state index contributed by atoms with van der Waals surface area (Å²) in [6.45, 7) is 0.730. The van der Waals surface area contributed by atoms with E-state index in [0.717, 1.165) is 18.5 Å². The molecule has 2 aromatic heterocycles. The summed E-state index contributed by atoms with van der Waals surface area (Å²) in [5.74, 6) is 0. The van der Waals surface area contributed by atoms with Gasteiger partial charge in [-0.2, -0.15) is 5.10 Å². The lowest BCUT2D eigenvalue weighted by Gasteiger charge is -2.06. The van der Waals surface area contributed by atoms with Crippen molar-refractivity contribution in [2.24, 2.45) is 7.05 Å². The molecular weight excluding hydrogens is 261 g/mol. The predicted molar refractivity (Wildman–Crippen MR) is 67.5 cm³/mol. The normalized spacial score (nSPS) is 10.5. The molecule has 0 amide bonds. The summed E-state index contributed by atoms with van der Waals surface area (Å²) in [4.78, 5) is 0. The Bertz CT molecular complexity index is 511. The molecule has 1 N–H and O–H groups in total. The summed E-state index contributed by atoms with van der Waals surface area (Å²) in [5.41, 5.74) is 1.85. The highest BCUT2D eigenvalue weighted by molar-refractivity contribution is 6.33. The molecule has 5 nitrogen and oxygen atoms in total. The number of halogens is 2. The van der Waals surface area contributed by atoms with E-state index in [1.54, 1.807) is 10.7 Å². The molecule has 0 bridgehead atoms. The zero-order valence-electron chi connectivity index (χ0n) is 9.19. The van der Waals surface area contributed by atoms with E-state index < -0.39 is 0 Å². The maximum Gasteiger partial charge on any atom is 0.174 e. The Balaban J connectivity index is 1.91. The maximum absolute atomic E-state index is 5.87. The van der Waals surface area contributed by atoms with Crippen molar-refractivity contribution in [1.82, 2.24) is 20.0 Å². The molecule has 0 saturated carbocycles. The second-order valence-corrected chi connectivity index (χ2v) is 4.32. The Kier molecular flexibility index (Phi) is 3.81. The topological polar surface area (TPSA) is 55.6 Å². The number of hydrogen-bond acceptors (Lipinski definition) is 4. The van der Waals surface area contributed by atoms with Gasteiger partial charge in [-0.05, 0) is 12.0 Å². The van der Waals surface area contributed by atoms with Crippen molar-refractivity contribution < 1.29 is 0 Å². The molecule has 0 atom stereocenters. The van der Waals surface area contributed by atoms with E-state index in [9.17, 15) is 0 Å². The van der Waals surface area contributed by atoms with Gasteiger partial charge in [-0.1, -0.05) is 23.2 Å². The zero-order chi connectivity index (χ0) is 12.3. The Morgan fingerprint density at radius 3 is 2.88 bits per heavy atom. The standard InChI is InChI=1S/C10H11Cl2N5/c1-17-6-7(5-14-17)2-3-13-8-4-9(11)15-16-10(8)12/h4-6H,2-3H2,1H3,(H,13,15). The summed E-state index contributed by atoms with van der Waals surface area (Å²) < 4.78 is 1.77. The fraction of sp³-hybridized carbons (Fsp3) is 0.300. The van der Waals surface area contributed by atoms with Gasteiger partial charge in [-0.15, -0.1) is 10.2 Å². The van der Waals surface area contributed by atoms with Gasteiger partial charge < -0.3 is 5.32 Å². The van der Waals surface area contributed by atoms with Crippen molar-refractivity contribution in [1.29, 1.82) is 0 Å². The third-order valence-electron chi connectivity index (χ3n) is 2.21. The minimum atomic E-state index is 0.318. The number of aryl methyl sites for hydroxylation is 1. The average Bonchev–Trinajstić information content (AvgIpc) is 2.69. The molecule has 0 aliphatic rings. The van der Waals surface area contributed by atoms with Gasteiger partial charge in [0, 0.05) is 25.9 Å². The second-order valence-electron chi connectivity index (χ2n) is 3.57. The lowest BCUT2D eigenvalue weighted by Crippen LogP contribution is -2.06. The van der Waals surface area contributed by atoms with Crippen molar-refractivity contribution in [3.8, 4) is 0 Å². The first-order valence-corrected chi connectivity index (χ1v) is 5.81. The molecule has 0 unspecified atom stereocenters. The summed E-state index contributed by atoms with van der Waals surface area (Å²) in [6, 6.07) is 1.65. The number of nitrogens with one attached hydrogen (secondary N) is 1. The first-order chi connectivity index (χ1) is 8.15. The molecule has 0 spiro atoms. The lowest BCUT2D eigenvalue weighted by atomic mass is 10.2. The van der Waals surface area contributed by atoms with E-state index in [1.165, 1.54) is 0 Å². The molecule has 90 valence electrons. The molecular formula is C10H11Cl2N5. The van der Waals surface area contributed by atoms with Crippen LogP contribution in [0.1, 0.15) is 5.56 Å². The molecule has 0 radical (unpaired) electrons. The number of rotatable bonds is 4. The number of nitrogens with zero attached hydrogens (tertiary/aromatic N) is 4. The summed E-state index contributed by atoms with van der Waals surface area (Å²) in [5, 5.41) is 15.2. The van der Waals surface area contributed by atoms with E-state index in [0.29, 0.717) is 16.0 Å². The van der Waals surface area contributed by atoms with Crippen LogP contribution in [0.2, 0.25) is 10.3 Å². The summed E-state index contributed by atoms with van der Waals surface area (Å²) >= 11 is 11.6. The summed E-state index contributed by atoms with van der Waals surface area (Å²) in [6.07, 6.45) is 4.66. The highest BCUT2D eigenvalue weighted by Crippen LogP contribution is 2.20. The van der Waals surface area contributed by atoms with Crippen molar-refractivity contribution >= 4 is 28.9 Å². The van der Waals surface area contributed by atoms with Crippen molar-refractivity contribution in [2.75, 3.05) is 11.9 Å². The van der Waals surface area contributed by atoms with E-state index in [-0.39, 0.29) is 0 Å². The van der Waals surface area contributed by atoms with Gasteiger partial charge >= 0.3 is 0 Å². The number of hydrogen-bond donors (Lipinski definition) is 1. The SMILES string of the molecule is Cn1cc(CCNc2cc(Cl)nnc2Cl)cn1. The third-order valence-corrected chi connectivity index (χ3v) is 2.67. The van der Waals surface area contributed by atoms with E-state index in [1.807, 2.05) is 19.4 Å².